The van der Waals surface area contributed by atoms with Gasteiger partial charge in [0.15, 0.2) is 0 Å². The highest BCUT2D eigenvalue weighted by Gasteiger charge is 2.04. The fraction of sp³-hybridized carbons (Fsp3) is 0.100. The molecule has 1 aromatic heterocycles. The number of allylic oxidation sites excluding steroid dienone is 2. The van der Waals surface area contributed by atoms with Crippen molar-refractivity contribution in [2.75, 3.05) is 12.3 Å². The summed E-state index contributed by atoms with van der Waals surface area (Å²) in [7, 11) is 0. The van der Waals surface area contributed by atoms with Crippen LogP contribution in [0.2, 0.25) is 0 Å². The first kappa shape index (κ1) is 7.86. The third-order valence-electron chi connectivity index (χ3n) is 1.97. The Balaban J connectivity index is 2.40. The average Bonchev–Trinajstić information content (AvgIpc) is 2.20. The molecule has 0 bridgehead atoms. The summed E-state index contributed by atoms with van der Waals surface area (Å²) in [4.78, 5) is 4.04. The summed E-state index contributed by atoms with van der Waals surface area (Å²) in [5.74, 6) is 0.584. The van der Waals surface area contributed by atoms with Crippen molar-refractivity contribution >= 4 is 11.4 Å². The molecule has 0 saturated carbocycles. The molecule has 0 saturated heterocycles. The number of anilines is 1. The lowest BCUT2D eigenvalue weighted by Crippen LogP contribution is -2.09. The first-order valence-corrected chi connectivity index (χ1v) is 4.19. The molecule has 3 nitrogen and oxygen atoms in total. The van der Waals surface area contributed by atoms with Crippen LogP contribution in [0.4, 0.5) is 5.82 Å². The average molecular weight is 173 g/mol. The maximum absolute atomic E-state index is 5.75. The Morgan fingerprint density at radius 3 is 3.08 bits per heavy atom. The number of nitrogen functional groups attached to an aromatic ring is 1. The minimum Gasteiger partial charge on any atom is -0.387 e. The molecule has 0 aromatic carbocycles. The lowest BCUT2D eigenvalue weighted by atomic mass is 10.1. The van der Waals surface area contributed by atoms with Crippen LogP contribution in [0.5, 0.6) is 0 Å². The molecule has 0 fully saturated rings. The Morgan fingerprint density at radius 2 is 2.38 bits per heavy atom. The van der Waals surface area contributed by atoms with Gasteiger partial charge in [-0.2, -0.15) is 0 Å². The van der Waals surface area contributed by atoms with Gasteiger partial charge < -0.3 is 11.1 Å². The van der Waals surface area contributed by atoms with Crippen molar-refractivity contribution < 1.29 is 0 Å². The van der Waals surface area contributed by atoms with E-state index in [4.69, 9.17) is 5.73 Å². The Labute approximate surface area is 77.0 Å². The molecule has 0 unspecified atom stereocenters. The van der Waals surface area contributed by atoms with Crippen LogP contribution in [0.25, 0.3) is 5.57 Å². The minimum atomic E-state index is 0.584. The second kappa shape index (κ2) is 3.31. The van der Waals surface area contributed by atoms with E-state index in [0.717, 1.165) is 17.7 Å². The highest BCUT2D eigenvalue weighted by atomic mass is 14.8. The van der Waals surface area contributed by atoms with E-state index >= 15 is 0 Å². The van der Waals surface area contributed by atoms with E-state index in [1.807, 2.05) is 24.4 Å². The zero-order chi connectivity index (χ0) is 9.10. The van der Waals surface area contributed by atoms with Gasteiger partial charge in [0.2, 0.25) is 0 Å². The number of nitrogens with one attached hydrogen (secondary N) is 1. The highest BCUT2D eigenvalue weighted by Crippen LogP contribution is 2.20. The maximum atomic E-state index is 5.75. The van der Waals surface area contributed by atoms with Gasteiger partial charge >= 0.3 is 0 Å². The van der Waals surface area contributed by atoms with Gasteiger partial charge in [0.25, 0.3) is 0 Å². The largest absolute Gasteiger partial charge is 0.387 e. The van der Waals surface area contributed by atoms with Gasteiger partial charge in [-0.3, -0.25) is 0 Å². The van der Waals surface area contributed by atoms with Crippen LogP contribution in [-0.4, -0.2) is 11.5 Å². The van der Waals surface area contributed by atoms with Crippen molar-refractivity contribution in [2.24, 2.45) is 0 Å². The molecule has 3 heteroatoms. The second-order valence-electron chi connectivity index (χ2n) is 2.84. The molecule has 3 N–H and O–H groups in total. The molecule has 1 aliphatic rings. The number of hydrogen-bond donors (Lipinski definition) is 2. The molecule has 0 amide bonds. The quantitative estimate of drug-likeness (QED) is 0.670. The number of aromatic nitrogens is 1. The SMILES string of the molecule is Nc1ncccc1C1=CCNC=C1. The third-order valence-corrected chi connectivity index (χ3v) is 1.97. The summed E-state index contributed by atoms with van der Waals surface area (Å²) in [5.41, 5.74) is 7.87. The summed E-state index contributed by atoms with van der Waals surface area (Å²) < 4.78 is 0. The van der Waals surface area contributed by atoms with Gasteiger partial charge in [0.05, 0.1) is 0 Å². The molecule has 0 radical (unpaired) electrons. The van der Waals surface area contributed by atoms with Crippen molar-refractivity contribution in [3.63, 3.8) is 0 Å². The molecule has 0 spiro atoms. The Bertz CT molecular complexity index is 366. The van der Waals surface area contributed by atoms with Crippen LogP contribution < -0.4 is 11.1 Å². The highest BCUT2D eigenvalue weighted by molar-refractivity contribution is 5.80. The minimum absolute atomic E-state index is 0.584. The Morgan fingerprint density at radius 1 is 1.46 bits per heavy atom. The number of nitrogens with two attached hydrogens (primary N) is 1. The van der Waals surface area contributed by atoms with Crippen LogP contribution >= 0.6 is 0 Å². The smallest absolute Gasteiger partial charge is 0.131 e. The third kappa shape index (κ3) is 1.54. The molecule has 66 valence electrons. The Hall–Kier alpha value is -1.77. The molecule has 1 aliphatic heterocycles. The first-order valence-electron chi connectivity index (χ1n) is 4.19. The van der Waals surface area contributed by atoms with Gasteiger partial charge in [-0.1, -0.05) is 6.08 Å². The number of dihydropyridines is 1. The predicted molar refractivity (Wildman–Crippen MR) is 53.8 cm³/mol. The van der Waals surface area contributed by atoms with E-state index in [-0.39, 0.29) is 0 Å². The van der Waals surface area contributed by atoms with Gasteiger partial charge in [-0.25, -0.2) is 4.98 Å². The fourth-order valence-electron chi connectivity index (χ4n) is 1.32. The van der Waals surface area contributed by atoms with E-state index in [1.54, 1.807) is 6.20 Å². The molecule has 1 aromatic rings. The zero-order valence-corrected chi connectivity index (χ0v) is 7.20. The van der Waals surface area contributed by atoms with Crippen LogP contribution in [0.3, 0.4) is 0 Å². The summed E-state index contributed by atoms with van der Waals surface area (Å²) >= 11 is 0. The van der Waals surface area contributed by atoms with Crippen molar-refractivity contribution in [1.29, 1.82) is 0 Å². The first-order chi connectivity index (χ1) is 6.38. The number of hydrogen-bond acceptors (Lipinski definition) is 3. The molecular weight excluding hydrogens is 162 g/mol. The van der Waals surface area contributed by atoms with Crippen LogP contribution in [0.1, 0.15) is 5.56 Å². The normalized spacial score (nSPS) is 14.9. The van der Waals surface area contributed by atoms with Crippen molar-refractivity contribution in [2.45, 2.75) is 0 Å². The van der Waals surface area contributed by atoms with Gasteiger partial charge in [0.1, 0.15) is 5.82 Å². The van der Waals surface area contributed by atoms with Crippen LogP contribution in [0.15, 0.2) is 36.7 Å². The van der Waals surface area contributed by atoms with Gasteiger partial charge in [0, 0.05) is 18.3 Å². The van der Waals surface area contributed by atoms with Gasteiger partial charge in [-0.15, -0.1) is 0 Å². The number of rotatable bonds is 1. The summed E-state index contributed by atoms with van der Waals surface area (Å²) in [6.45, 7) is 0.847. The lowest BCUT2D eigenvalue weighted by molar-refractivity contribution is 0.975. The van der Waals surface area contributed by atoms with Crippen molar-refractivity contribution in [3.05, 3.63) is 42.2 Å². The Kier molecular flexibility index (Phi) is 2.00. The number of nitrogens with zero attached hydrogens (tertiary/aromatic N) is 1. The topological polar surface area (TPSA) is 50.9 Å². The predicted octanol–water partition coefficient (Wildman–Crippen LogP) is 1.16. The van der Waals surface area contributed by atoms with E-state index in [9.17, 15) is 0 Å². The van der Waals surface area contributed by atoms with Crippen LogP contribution in [0, 0.1) is 0 Å². The van der Waals surface area contributed by atoms with Crippen LogP contribution in [-0.2, 0) is 0 Å². The molecular formula is C10H11N3. The molecule has 2 heterocycles. The lowest BCUT2D eigenvalue weighted by Gasteiger charge is -2.09. The summed E-state index contributed by atoms with van der Waals surface area (Å²) in [5, 5.41) is 3.09. The van der Waals surface area contributed by atoms with Gasteiger partial charge in [-0.05, 0) is 30.0 Å². The monoisotopic (exact) mass is 173 g/mol. The fourth-order valence-corrected chi connectivity index (χ4v) is 1.32. The van der Waals surface area contributed by atoms with E-state index in [0.29, 0.717) is 5.82 Å². The standard InChI is InChI=1S/C10H11N3/c11-10-9(2-1-5-13-10)8-3-6-12-7-4-8/h1-6,12H,7H2,(H2,11,13). The maximum Gasteiger partial charge on any atom is 0.131 e. The van der Waals surface area contributed by atoms with E-state index in [2.05, 4.69) is 16.4 Å². The second-order valence-corrected chi connectivity index (χ2v) is 2.84. The number of pyridine rings is 1. The molecule has 0 atom stereocenters. The molecule has 13 heavy (non-hydrogen) atoms. The zero-order valence-electron chi connectivity index (χ0n) is 7.20. The summed E-state index contributed by atoms with van der Waals surface area (Å²) in [6.07, 6.45) is 7.70. The van der Waals surface area contributed by atoms with E-state index in [1.165, 1.54) is 0 Å². The molecule has 0 aliphatic carbocycles. The van der Waals surface area contributed by atoms with Crippen molar-refractivity contribution in [1.82, 2.24) is 10.3 Å². The molecule has 2 rings (SSSR count). The van der Waals surface area contributed by atoms with Crippen molar-refractivity contribution in [3.8, 4) is 0 Å². The summed E-state index contributed by atoms with van der Waals surface area (Å²) in [6, 6.07) is 3.87. The van der Waals surface area contributed by atoms with E-state index < -0.39 is 0 Å².